The molecule has 130 valence electrons. The second-order valence-corrected chi connectivity index (χ2v) is 6.69. The molecule has 0 aliphatic carbocycles. The van der Waals surface area contributed by atoms with Gasteiger partial charge in [-0.3, -0.25) is 0 Å². The van der Waals surface area contributed by atoms with Gasteiger partial charge in [-0.1, -0.05) is 52.4 Å². The van der Waals surface area contributed by atoms with Crippen molar-refractivity contribution in [2.75, 3.05) is 13.6 Å². The Balaban J connectivity index is 5.24. The van der Waals surface area contributed by atoms with Crippen molar-refractivity contribution >= 4 is 0 Å². The Bertz CT molecular complexity index is 328. The molecule has 4 unspecified atom stereocenters. The molecular weight excluding hydrogens is 280 g/mol. The van der Waals surface area contributed by atoms with Gasteiger partial charge in [0.25, 0.3) is 0 Å². The van der Waals surface area contributed by atoms with Crippen molar-refractivity contribution in [1.82, 2.24) is 0 Å². The van der Waals surface area contributed by atoms with Crippen LogP contribution in [0.3, 0.4) is 0 Å². The minimum atomic E-state index is -0.709. The quantitative estimate of drug-likeness (QED) is 0.480. The fourth-order valence-corrected chi connectivity index (χ4v) is 2.46. The van der Waals surface area contributed by atoms with Crippen molar-refractivity contribution in [3.05, 3.63) is 0 Å². The van der Waals surface area contributed by atoms with E-state index in [0.717, 1.165) is 25.7 Å². The van der Waals surface area contributed by atoms with Gasteiger partial charge >= 0.3 is 0 Å². The van der Waals surface area contributed by atoms with Crippen LogP contribution in [0.5, 0.6) is 0 Å². The Hall–Kier alpha value is -0.600. The van der Waals surface area contributed by atoms with Crippen molar-refractivity contribution in [2.45, 2.75) is 78.4 Å². The molecular formula is C18H34O4. The van der Waals surface area contributed by atoms with E-state index in [1.54, 1.807) is 0 Å². The predicted octanol–water partition coefficient (Wildman–Crippen LogP) is 3.31. The highest BCUT2D eigenvalue weighted by molar-refractivity contribution is 5.20. The van der Waals surface area contributed by atoms with Crippen LogP contribution in [0, 0.1) is 23.7 Å². The summed E-state index contributed by atoms with van der Waals surface area (Å²) in [5.74, 6) is 7.20. The summed E-state index contributed by atoms with van der Waals surface area (Å²) in [6, 6.07) is 0. The average Bonchev–Trinajstić information content (AvgIpc) is 2.45. The highest BCUT2D eigenvalue weighted by Gasteiger charge is 2.28. The first kappa shape index (κ1) is 21.4. The maximum absolute atomic E-state index is 9.14. The van der Waals surface area contributed by atoms with E-state index < -0.39 is 11.2 Å². The van der Waals surface area contributed by atoms with Crippen molar-refractivity contribution in [1.29, 1.82) is 0 Å². The lowest BCUT2D eigenvalue weighted by Crippen LogP contribution is -2.34. The smallest absolute Gasteiger partial charge is 0.145 e. The summed E-state index contributed by atoms with van der Waals surface area (Å²) in [5.41, 5.74) is -1.42. The molecule has 0 saturated heterocycles. The molecule has 0 saturated carbocycles. The van der Waals surface area contributed by atoms with Gasteiger partial charge in [0.1, 0.15) is 24.8 Å². The summed E-state index contributed by atoms with van der Waals surface area (Å²) in [6.07, 6.45) is 3.55. The van der Waals surface area contributed by atoms with Gasteiger partial charge in [-0.2, -0.15) is 0 Å². The van der Waals surface area contributed by atoms with E-state index in [1.807, 2.05) is 13.8 Å². The number of hydrogen-bond donors (Lipinski definition) is 2. The molecule has 22 heavy (non-hydrogen) atoms. The van der Waals surface area contributed by atoms with Crippen molar-refractivity contribution in [3.8, 4) is 11.8 Å². The molecule has 0 radical (unpaired) electrons. The lowest BCUT2D eigenvalue weighted by molar-refractivity contribution is -0.0919. The highest BCUT2D eigenvalue weighted by atomic mass is 16.6. The van der Waals surface area contributed by atoms with E-state index in [4.69, 9.17) is 19.7 Å². The molecule has 0 spiro atoms. The zero-order chi connectivity index (χ0) is 17.2. The molecule has 0 aromatic heterocycles. The number of aliphatic hydroxyl groups is 2. The van der Waals surface area contributed by atoms with E-state index in [0.29, 0.717) is 11.8 Å². The highest BCUT2D eigenvalue weighted by Crippen LogP contribution is 2.25. The normalized spacial score (nSPS) is 19.5. The third-order valence-corrected chi connectivity index (χ3v) is 4.23. The zero-order valence-electron chi connectivity index (χ0n) is 15.1. The van der Waals surface area contributed by atoms with Crippen LogP contribution in [0.1, 0.15) is 67.2 Å². The van der Waals surface area contributed by atoms with Crippen molar-refractivity contribution < 1.29 is 19.7 Å². The lowest BCUT2D eigenvalue weighted by Gasteiger charge is -2.29. The van der Waals surface area contributed by atoms with Crippen LogP contribution < -0.4 is 0 Å². The predicted molar refractivity (Wildman–Crippen MR) is 89.1 cm³/mol. The molecule has 4 nitrogen and oxygen atoms in total. The maximum atomic E-state index is 9.14. The third kappa shape index (κ3) is 8.14. The summed E-state index contributed by atoms with van der Waals surface area (Å²) >= 11 is 0. The van der Waals surface area contributed by atoms with Gasteiger partial charge in [-0.05, 0) is 38.5 Å². The second kappa shape index (κ2) is 10.2. The Kier molecular flexibility index (Phi) is 9.95. The van der Waals surface area contributed by atoms with Crippen LogP contribution in [0.25, 0.3) is 0 Å². The van der Waals surface area contributed by atoms with E-state index in [9.17, 15) is 0 Å². The molecule has 0 aromatic rings. The van der Waals surface area contributed by atoms with E-state index in [-0.39, 0.29) is 13.6 Å². The van der Waals surface area contributed by atoms with Crippen LogP contribution in [-0.2, 0) is 9.47 Å². The van der Waals surface area contributed by atoms with Crippen LogP contribution in [0.15, 0.2) is 0 Å². The Labute approximate surface area is 136 Å². The third-order valence-electron chi connectivity index (χ3n) is 4.23. The number of ether oxygens (including phenoxy) is 2. The Morgan fingerprint density at radius 2 is 1.14 bits per heavy atom. The topological polar surface area (TPSA) is 58.9 Å². The number of aliphatic hydroxyl groups excluding tert-OH is 2. The lowest BCUT2D eigenvalue weighted by atomic mass is 9.88. The standard InChI is InChI=1S/C18H34O4/c1-7-15(3)11-17(5,21-13-19)9-10-18(6,22-14-20)12-16(4)8-2/h15-16,19-20H,7-8,11-14H2,1-6H3. The molecule has 0 aromatic carbocycles. The number of hydrogen-bond acceptors (Lipinski definition) is 4. The van der Waals surface area contributed by atoms with Gasteiger partial charge in [0.15, 0.2) is 0 Å². The molecule has 2 N–H and O–H groups in total. The molecule has 0 bridgehead atoms. The first-order valence-electron chi connectivity index (χ1n) is 8.28. The van der Waals surface area contributed by atoms with Gasteiger partial charge in [0, 0.05) is 0 Å². The van der Waals surface area contributed by atoms with Gasteiger partial charge < -0.3 is 19.7 Å². The number of rotatable bonds is 10. The molecule has 0 heterocycles. The first-order valence-corrected chi connectivity index (χ1v) is 8.28. The molecule has 0 rings (SSSR count). The Morgan fingerprint density at radius 3 is 1.36 bits per heavy atom. The molecule has 0 aliphatic rings. The molecule has 0 amide bonds. The van der Waals surface area contributed by atoms with Crippen LogP contribution >= 0.6 is 0 Å². The summed E-state index contributed by atoms with van der Waals surface area (Å²) in [7, 11) is 0. The Morgan fingerprint density at radius 1 is 0.818 bits per heavy atom. The van der Waals surface area contributed by atoms with Gasteiger partial charge in [0.2, 0.25) is 0 Å². The zero-order valence-corrected chi connectivity index (χ0v) is 15.1. The first-order chi connectivity index (χ1) is 10.2. The maximum Gasteiger partial charge on any atom is 0.145 e. The second-order valence-electron chi connectivity index (χ2n) is 6.69. The largest absolute Gasteiger partial charge is 0.371 e. The SMILES string of the molecule is CCC(C)CC(C)(C#CC(C)(CC(C)CC)OCO)OCO. The molecule has 4 heteroatoms. The van der Waals surface area contributed by atoms with Crippen LogP contribution in [0.2, 0.25) is 0 Å². The average molecular weight is 314 g/mol. The summed E-state index contributed by atoms with van der Waals surface area (Å²) in [5, 5.41) is 18.3. The minimum absolute atomic E-state index is 0.357. The minimum Gasteiger partial charge on any atom is -0.371 e. The molecule has 4 atom stereocenters. The van der Waals surface area contributed by atoms with Crippen LogP contribution in [-0.4, -0.2) is 35.0 Å². The van der Waals surface area contributed by atoms with Crippen molar-refractivity contribution in [3.63, 3.8) is 0 Å². The van der Waals surface area contributed by atoms with Gasteiger partial charge in [-0.25, -0.2) is 0 Å². The summed E-state index contributed by atoms with van der Waals surface area (Å²) in [4.78, 5) is 0. The fourth-order valence-electron chi connectivity index (χ4n) is 2.46. The summed E-state index contributed by atoms with van der Waals surface area (Å²) < 4.78 is 10.9. The van der Waals surface area contributed by atoms with E-state index in [2.05, 4.69) is 39.5 Å². The van der Waals surface area contributed by atoms with Gasteiger partial charge in [0.05, 0.1) is 0 Å². The fraction of sp³-hybridized carbons (Fsp3) is 0.889. The molecule has 0 aliphatic heterocycles. The molecule has 0 fully saturated rings. The van der Waals surface area contributed by atoms with Crippen LogP contribution in [0.4, 0.5) is 0 Å². The monoisotopic (exact) mass is 314 g/mol. The van der Waals surface area contributed by atoms with Crippen molar-refractivity contribution in [2.24, 2.45) is 11.8 Å². The van der Waals surface area contributed by atoms with E-state index >= 15 is 0 Å². The summed E-state index contributed by atoms with van der Waals surface area (Å²) in [6.45, 7) is 11.6. The van der Waals surface area contributed by atoms with E-state index in [1.165, 1.54) is 0 Å². The van der Waals surface area contributed by atoms with Gasteiger partial charge in [-0.15, -0.1) is 0 Å².